The molecule has 2 fully saturated rings. The van der Waals surface area contributed by atoms with E-state index in [4.69, 9.17) is 11.6 Å². The molecule has 1 aromatic carbocycles. The minimum atomic E-state index is 0.0762. The summed E-state index contributed by atoms with van der Waals surface area (Å²) in [6, 6.07) is 4.59. The number of aromatic hydroxyl groups is 1. The van der Waals surface area contributed by atoms with Gasteiger partial charge in [-0.15, -0.1) is 0 Å². The number of rotatable bonds is 2. The van der Waals surface area contributed by atoms with Crippen molar-refractivity contribution in [3.63, 3.8) is 0 Å². The zero-order valence-corrected chi connectivity index (χ0v) is 10.1. The van der Waals surface area contributed by atoms with Gasteiger partial charge in [-0.05, 0) is 36.8 Å². The van der Waals surface area contributed by atoms with Crippen molar-refractivity contribution < 1.29 is 9.90 Å². The summed E-state index contributed by atoms with van der Waals surface area (Å²) in [6.07, 6.45) is 3.64. The number of hydrogen-bond acceptors (Lipinski definition) is 2. The van der Waals surface area contributed by atoms with Gasteiger partial charge in [0.1, 0.15) is 5.75 Å². The number of fused-ring (bicyclic) bond motifs is 1. The third-order valence-electron chi connectivity index (χ3n) is 3.92. The van der Waals surface area contributed by atoms with E-state index < -0.39 is 0 Å². The lowest BCUT2D eigenvalue weighted by Crippen LogP contribution is -2.16. The van der Waals surface area contributed by atoms with Crippen LogP contribution in [-0.4, -0.2) is 11.0 Å². The molecule has 1 amide bonds. The van der Waals surface area contributed by atoms with E-state index in [2.05, 4.69) is 5.32 Å². The molecule has 0 bridgehead atoms. The third-order valence-corrected chi connectivity index (χ3v) is 4.23. The molecule has 3 nitrogen and oxygen atoms in total. The number of amides is 1. The second-order valence-corrected chi connectivity index (χ2v) is 5.34. The molecule has 2 aliphatic carbocycles. The molecule has 2 unspecified atom stereocenters. The van der Waals surface area contributed by atoms with Crippen LogP contribution in [-0.2, 0) is 4.79 Å². The van der Waals surface area contributed by atoms with Crippen LogP contribution in [0, 0.1) is 17.8 Å². The second-order valence-electron chi connectivity index (χ2n) is 4.94. The molecule has 0 aliphatic heterocycles. The van der Waals surface area contributed by atoms with E-state index in [0.29, 0.717) is 22.5 Å². The average molecular weight is 252 g/mol. The van der Waals surface area contributed by atoms with E-state index in [9.17, 15) is 9.90 Å². The van der Waals surface area contributed by atoms with Gasteiger partial charge in [0, 0.05) is 12.0 Å². The first kappa shape index (κ1) is 10.9. The molecule has 4 heteroatoms. The fourth-order valence-corrected chi connectivity index (χ4v) is 3.25. The quantitative estimate of drug-likeness (QED) is 0.794. The summed E-state index contributed by atoms with van der Waals surface area (Å²) in [5.74, 6) is 1.58. The molecule has 3 rings (SSSR count). The molecule has 0 spiro atoms. The van der Waals surface area contributed by atoms with Crippen LogP contribution >= 0.6 is 11.6 Å². The van der Waals surface area contributed by atoms with Crippen LogP contribution in [0.3, 0.4) is 0 Å². The number of phenols is 1. The van der Waals surface area contributed by atoms with Crippen LogP contribution in [0.2, 0.25) is 5.02 Å². The number of anilines is 1. The Morgan fingerprint density at radius 1 is 1.35 bits per heavy atom. The average Bonchev–Trinajstić information content (AvgIpc) is 2.77. The Bertz CT molecular complexity index is 464. The smallest absolute Gasteiger partial charge is 0.228 e. The summed E-state index contributed by atoms with van der Waals surface area (Å²) < 4.78 is 0. The molecule has 2 saturated carbocycles. The molecule has 90 valence electrons. The van der Waals surface area contributed by atoms with Crippen molar-refractivity contribution in [3.05, 3.63) is 23.2 Å². The first-order chi connectivity index (χ1) is 8.16. The third kappa shape index (κ3) is 1.89. The Morgan fingerprint density at radius 3 is 2.71 bits per heavy atom. The molecule has 0 heterocycles. The summed E-state index contributed by atoms with van der Waals surface area (Å²) in [5, 5.41) is 12.5. The maximum atomic E-state index is 12.0. The largest absolute Gasteiger partial charge is 0.508 e. The topological polar surface area (TPSA) is 49.3 Å². The zero-order chi connectivity index (χ0) is 12.0. The zero-order valence-electron chi connectivity index (χ0n) is 9.32. The maximum Gasteiger partial charge on any atom is 0.228 e. The number of halogens is 1. The van der Waals surface area contributed by atoms with Crippen LogP contribution < -0.4 is 5.32 Å². The molecule has 2 atom stereocenters. The van der Waals surface area contributed by atoms with Crippen molar-refractivity contribution in [2.45, 2.75) is 19.3 Å². The predicted molar refractivity (Wildman–Crippen MR) is 66.1 cm³/mol. The Kier molecular flexibility index (Phi) is 2.51. The van der Waals surface area contributed by atoms with E-state index >= 15 is 0 Å². The van der Waals surface area contributed by atoms with E-state index in [1.807, 2.05) is 0 Å². The van der Waals surface area contributed by atoms with Crippen LogP contribution in [0.1, 0.15) is 19.3 Å². The normalized spacial score (nSPS) is 29.8. The number of carbonyl (C=O) groups excluding carboxylic acids is 1. The lowest BCUT2D eigenvalue weighted by atomic mass is 10.1. The van der Waals surface area contributed by atoms with Crippen molar-refractivity contribution in [2.24, 2.45) is 17.8 Å². The highest BCUT2D eigenvalue weighted by molar-refractivity contribution is 6.33. The first-order valence-corrected chi connectivity index (χ1v) is 6.34. The molecular weight excluding hydrogens is 238 g/mol. The number of phenolic OH excluding ortho intramolecular Hbond substituents is 1. The van der Waals surface area contributed by atoms with Crippen LogP contribution in [0.4, 0.5) is 5.69 Å². The minimum Gasteiger partial charge on any atom is -0.508 e. The number of carbonyl (C=O) groups is 1. The molecular formula is C13H14ClNO2. The number of nitrogens with one attached hydrogen (secondary N) is 1. The Morgan fingerprint density at radius 2 is 2.06 bits per heavy atom. The molecule has 0 aromatic heterocycles. The van der Waals surface area contributed by atoms with Gasteiger partial charge in [-0.2, -0.15) is 0 Å². The summed E-state index contributed by atoms with van der Waals surface area (Å²) >= 11 is 5.94. The van der Waals surface area contributed by atoms with Gasteiger partial charge in [-0.25, -0.2) is 0 Å². The van der Waals surface area contributed by atoms with Gasteiger partial charge in [0.2, 0.25) is 5.91 Å². The van der Waals surface area contributed by atoms with Crippen LogP contribution in [0.5, 0.6) is 5.75 Å². The highest BCUT2D eigenvalue weighted by atomic mass is 35.5. The summed E-state index contributed by atoms with van der Waals surface area (Å²) in [5.41, 5.74) is 0.583. The lowest BCUT2D eigenvalue weighted by Gasteiger charge is -2.08. The van der Waals surface area contributed by atoms with Crippen molar-refractivity contribution in [2.75, 3.05) is 5.32 Å². The number of benzene rings is 1. The summed E-state index contributed by atoms with van der Waals surface area (Å²) in [6.45, 7) is 0. The Balaban J connectivity index is 1.69. The molecule has 17 heavy (non-hydrogen) atoms. The SMILES string of the molecule is O=C(Nc1ccc(O)cc1Cl)C1C2CCCC21. The van der Waals surface area contributed by atoms with Gasteiger partial charge < -0.3 is 10.4 Å². The summed E-state index contributed by atoms with van der Waals surface area (Å²) in [4.78, 5) is 12.0. The van der Waals surface area contributed by atoms with Gasteiger partial charge in [0.05, 0.1) is 10.7 Å². The lowest BCUT2D eigenvalue weighted by molar-refractivity contribution is -0.118. The predicted octanol–water partition coefficient (Wildman–Crippen LogP) is 3.03. The molecule has 0 saturated heterocycles. The molecule has 0 radical (unpaired) electrons. The van der Waals surface area contributed by atoms with Crippen molar-refractivity contribution in [1.29, 1.82) is 0 Å². The first-order valence-electron chi connectivity index (χ1n) is 5.96. The molecule has 2 N–H and O–H groups in total. The fourth-order valence-electron chi connectivity index (χ4n) is 3.03. The van der Waals surface area contributed by atoms with E-state index in [1.165, 1.54) is 31.4 Å². The van der Waals surface area contributed by atoms with Crippen molar-refractivity contribution in [1.82, 2.24) is 0 Å². The molecule has 2 aliphatic rings. The standard InChI is InChI=1S/C13H14ClNO2/c14-10-6-7(16)4-5-11(10)15-13(17)12-8-2-1-3-9(8)12/h4-6,8-9,12,16H,1-3H2,(H,15,17). The van der Waals surface area contributed by atoms with E-state index in [-0.39, 0.29) is 17.6 Å². The van der Waals surface area contributed by atoms with Crippen molar-refractivity contribution in [3.8, 4) is 5.75 Å². The second kappa shape index (κ2) is 3.91. The van der Waals surface area contributed by atoms with E-state index in [1.54, 1.807) is 6.07 Å². The Labute approximate surface area is 105 Å². The van der Waals surface area contributed by atoms with Gasteiger partial charge >= 0.3 is 0 Å². The Hall–Kier alpha value is -1.22. The van der Waals surface area contributed by atoms with Gasteiger partial charge in [-0.1, -0.05) is 18.0 Å². The fraction of sp³-hybridized carbons (Fsp3) is 0.462. The summed E-state index contributed by atoms with van der Waals surface area (Å²) in [7, 11) is 0. The van der Waals surface area contributed by atoms with Gasteiger partial charge in [-0.3, -0.25) is 4.79 Å². The maximum absolute atomic E-state index is 12.0. The van der Waals surface area contributed by atoms with E-state index in [0.717, 1.165) is 0 Å². The number of hydrogen-bond donors (Lipinski definition) is 2. The molecule has 1 aromatic rings. The van der Waals surface area contributed by atoms with Crippen LogP contribution in [0.25, 0.3) is 0 Å². The van der Waals surface area contributed by atoms with Gasteiger partial charge in [0.15, 0.2) is 0 Å². The monoisotopic (exact) mass is 251 g/mol. The van der Waals surface area contributed by atoms with Gasteiger partial charge in [0.25, 0.3) is 0 Å². The minimum absolute atomic E-state index is 0.0762. The highest BCUT2D eigenvalue weighted by Gasteiger charge is 2.56. The van der Waals surface area contributed by atoms with Crippen molar-refractivity contribution >= 4 is 23.2 Å². The van der Waals surface area contributed by atoms with Crippen LogP contribution in [0.15, 0.2) is 18.2 Å². The highest BCUT2D eigenvalue weighted by Crippen LogP contribution is 2.57.